The third kappa shape index (κ3) is 3.83. The maximum absolute atomic E-state index is 12.2. The predicted octanol–water partition coefficient (Wildman–Crippen LogP) is 2.69. The van der Waals surface area contributed by atoms with E-state index < -0.39 is 5.69 Å². The summed E-state index contributed by atoms with van der Waals surface area (Å²) in [6, 6.07) is 8.84. The Hall–Kier alpha value is -2.50. The number of aromatic nitrogens is 2. The maximum atomic E-state index is 12.2. The molecule has 0 fully saturated rings. The predicted molar refractivity (Wildman–Crippen MR) is 91.4 cm³/mol. The number of benzene rings is 1. The van der Waals surface area contributed by atoms with Crippen molar-refractivity contribution in [1.82, 2.24) is 9.55 Å². The van der Waals surface area contributed by atoms with Crippen LogP contribution in [0.15, 0.2) is 39.9 Å². The molecule has 6 nitrogen and oxygen atoms in total. The van der Waals surface area contributed by atoms with Gasteiger partial charge in [-0.3, -0.25) is 14.3 Å². The summed E-state index contributed by atoms with van der Waals surface area (Å²) in [5.74, 6) is 1.17. The fraction of sp³-hybridized carbons (Fsp3) is 0.412. The summed E-state index contributed by atoms with van der Waals surface area (Å²) in [5, 5.41) is 3.15. The molecule has 0 saturated heterocycles. The molecular weight excluding hydrogens is 294 g/mol. The number of aromatic amines is 1. The van der Waals surface area contributed by atoms with Crippen molar-refractivity contribution in [3.8, 4) is 5.75 Å². The molecule has 23 heavy (non-hydrogen) atoms. The van der Waals surface area contributed by atoms with Gasteiger partial charge in [-0.05, 0) is 38.0 Å². The van der Waals surface area contributed by atoms with Crippen molar-refractivity contribution < 1.29 is 4.74 Å². The number of nitrogens with one attached hydrogen (secondary N) is 2. The minimum Gasteiger partial charge on any atom is -0.497 e. The van der Waals surface area contributed by atoms with Gasteiger partial charge in [-0.15, -0.1) is 0 Å². The van der Waals surface area contributed by atoms with E-state index in [9.17, 15) is 9.59 Å². The highest BCUT2D eigenvalue weighted by atomic mass is 16.5. The van der Waals surface area contributed by atoms with E-state index in [2.05, 4.69) is 10.3 Å². The van der Waals surface area contributed by atoms with E-state index in [1.54, 1.807) is 7.11 Å². The maximum Gasteiger partial charge on any atom is 0.330 e. The first-order valence-corrected chi connectivity index (χ1v) is 7.72. The molecule has 124 valence electrons. The molecule has 0 aliphatic heterocycles. The molecule has 0 radical (unpaired) electrons. The van der Waals surface area contributed by atoms with Crippen LogP contribution in [-0.4, -0.2) is 16.7 Å². The summed E-state index contributed by atoms with van der Waals surface area (Å²) >= 11 is 0. The van der Waals surface area contributed by atoms with E-state index in [1.165, 1.54) is 10.6 Å². The number of methoxy groups -OCH3 is 1. The molecule has 2 atom stereocenters. The molecule has 0 saturated carbocycles. The summed E-state index contributed by atoms with van der Waals surface area (Å²) in [6.07, 6.45) is 0.718. The highest BCUT2D eigenvalue weighted by molar-refractivity contribution is 5.39. The van der Waals surface area contributed by atoms with Crippen molar-refractivity contribution in [2.75, 3.05) is 12.4 Å². The lowest BCUT2D eigenvalue weighted by Crippen LogP contribution is -2.37. The van der Waals surface area contributed by atoms with Crippen molar-refractivity contribution in [1.29, 1.82) is 0 Å². The number of rotatable bonds is 6. The fourth-order valence-corrected chi connectivity index (χ4v) is 2.41. The van der Waals surface area contributed by atoms with Crippen LogP contribution in [0, 0.1) is 0 Å². The summed E-state index contributed by atoms with van der Waals surface area (Å²) < 4.78 is 6.45. The van der Waals surface area contributed by atoms with E-state index >= 15 is 0 Å². The zero-order chi connectivity index (χ0) is 17.0. The van der Waals surface area contributed by atoms with Gasteiger partial charge in [0.25, 0.3) is 5.56 Å². The molecule has 0 aliphatic carbocycles. The monoisotopic (exact) mass is 317 g/mol. The molecule has 2 aromatic rings. The van der Waals surface area contributed by atoms with Crippen molar-refractivity contribution in [3.63, 3.8) is 0 Å². The van der Waals surface area contributed by atoms with E-state index in [1.807, 2.05) is 45.0 Å². The highest BCUT2D eigenvalue weighted by Crippen LogP contribution is 2.21. The van der Waals surface area contributed by atoms with Crippen molar-refractivity contribution in [2.45, 2.75) is 39.3 Å². The molecule has 0 amide bonds. The SMILES string of the molecule is CCC(C)n1c(=O)cc(NC(C)c2cccc(OC)c2)[nH]c1=O. The average molecular weight is 317 g/mol. The van der Waals surface area contributed by atoms with Crippen LogP contribution in [0.3, 0.4) is 0 Å². The number of ether oxygens (including phenoxy) is 1. The zero-order valence-electron chi connectivity index (χ0n) is 13.9. The molecular formula is C17H23N3O3. The molecule has 1 aromatic carbocycles. The Morgan fingerprint density at radius 3 is 2.61 bits per heavy atom. The van der Waals surface area contributed by atoms with Gasteiger partial charge >= 0.3 is 5.69 Å². The molecule has 1 aromatic heterocycles. The van der Waals surface area contributed by atoms with Gasteiger partial charge in [-0.1, -0.05) is 19.1 Å². The van der Waals surface area contributed by atoms with Crippen LogP contribution in [0.25, 0.3) is 0 Å². The van der Waals surface area contributed by atoms with E-state index in [0.29, 0.717) is 5.82 Å². The summed E-state index contributed by atoms with van der Waals surface area (Å²) in [6.45, 7) is 5.74. The second-order valence-corrected chi connectivity index (χ2v) is 5.60. The summed E-state index contributed by atoms with van der Waals surface area (Å²) in [5.41, 5.74) is 0.298. The quantitative estimate of drug-likeness (QED) is 0.859. The Morgan fingerprint density at radius 1 is 1.26 bits per heavy atom. The molecule has 2 N–H and O–H groups in total. The van der Waals surface area contributed by atoms with Crippen LogP contribution in [0.1, 0.15) is 44.8 Å². The van der Waals surface area contributed by atoms with Gasteiger partial charge in [-0.2, -0.15) is 0 Å². The first kappa shape index (κ1) is 16.9. The smallest absolute Gasteiger partial charge is 0.330 e. The third-order valence-electron chi connectivity index (χ3n) is 3.96. The van der Waals surface area contributed by atoms with Crippen molar-refractivity contribution >= 4 is 5.82 Å². The lowest BCUT2D eigenvalue weighted by molar-refractivity contribution is 0.414. The Kier molecular flexibility index (Phi) is 5.26. The van der Waals surface area contributed by atoms with Gasteiger partial charge in [0.05, 0.1) is 13.2 Å². The lowest BCUT2D eigenvalue weighted by atomic mass is 10.1. The van der Waals surface area contributed by atoms with Gasteiger partial charge in [0, 0.05) is 12.1 Å². The molecule has 0 aliphatic rings. The number of hydrogen-bond acceptors (Lipinski definition) is 4. The van der Waals surface area contributed by atoms with Crippen LogP contribution in [0.5, 0.6) is 5.75 Å². The molecule has 1 heterocycles. The largest absolute Gasteiger partial charge is 0.497 e. The Morgan fingerprint density at radius 2 is 2.00 bits per heavy atom. The van der Waals surface area contributed by atoms with Crippen molar-refractivity contribution in [3.05, 3.63) is 56.7 Å². The van der Waals surface area contributed by atoms with Crippen LogP contribution < -0.4 is 21.3 Å². The van der Waals surface area contributed by atoms with Crippen molar-refractivity contribution in [2.24, 2.45) is 0 Å². The third-order valence-corrected chi connectivity index (χ3v) is 3.96. The molecule has 2 rings (SSSR count). The van der Waals surface area contributed by atoms with Gasteiger partial charge in [0.2, 0.25) is 0 Å². The second-order valence-electron chi connectivity index (χ2n) is 5.60. The molecule has 0 bridgehead atoms. The average Bonchev–Trinajstić information content (AvgIpc) is 2.53. The van der Waals surface area contributed by atoms with Gasteiger partial charge in [-0.25, -0.2) is 4.79 Å². The highest BCUT2D eigenvalue weighted by Gasteiger charge is 2.12. The Balaban J connectivity index is 2.26. The van der Waals surface area contributed by atoms with Crippen LogP contribution in [0.4, 0.5) is 5.82 Å². The normalized spacial score (nSPS) is 13.4. The Labute approximate surface area is 135 Å². The summed E-state index contributed by atoms with van der Waals surface area (Å²) in [7, 11) is 1.61. The van der Waals surface area contributed by atoms with E-state index in [4.69, 9.17) is 4.74 Å². The van der Waals surface area contributed by atoms with Gasteiger partial charge < -0.3 is 10.1 Å². The van der Waals surface area contributed by atoms with E-state index in [0.717, 1.165) is 17.7 Å². The minimum absolute atomic E-state index is 0.0837. The number of anilines is 1. The summed E-state index contributed by atoms with van der Waals surface area (Å²) in [4.78, 5) is 27.0. The van der Waals surface area contributed by atoms with Crippen LogP contribution >= 0.6 is 0 Å². The van der Waals surface area contributed by atoms with E-state index in [-0.39, 0.29) is 17.6 Å². The number of nitrogens with zero attached hydrogens (tertiary/aromatic N) is 1. The van der Waals surface area contributed by atoms with Gasteiger partial charge in [0.1, 0.15) is 11.6 Å². The first-order valence-electron chi connectivity index (χ1n) is 7.72. The number of hydrogen-bond donors (Lipinski definition) is 2. The first-order chi connectivity index (χ1) is 11.0. The lowest BCUT2D eigenvalue weighted by Gasteiger charge is -2.17. The Bertz CT molecular complexity index is 748. The second kappa shape index (κ2) is 7.17. The topological polar surface area (TPSA) is 76.1 Å². The van der Waals surface area contributed by atoms with Crippen LogP contribution in [0.2, 0.25) is 0 Å². The number of H-pyrrole nitrogens is 1. The minimum atomic E-state index is -0.396. The zero-order valence-corrected chi connectivity index (χ0v) is 13.9. The fourth-order valence-electron chi connectivity index (χ4n) is 2.41. The molecule has 6 heteroatoms. The van der Waals surface area contributed by atoms with Gasteiger partial charge in [0.15, 0.2) is 0 Å². The van der Waals surface area contributed by atoms with Crippen LogP contribution in [-0.2, 0) is 0 Å². The molecule has 0 spiro atoms. The molecule has 2 unspecified atom stereocenters. The standard InChI is InChI=1S/C17H23N3O3/c1-5-11(2)20-16(21)10-15(19-17(20)22)18-12(3)13-7-6-8-14(9-13)23-4/h6-12,18H,5H2,1-4H3,(H,19,22).